The van der Waals surface area contributed by atoms with Crippen molar-refractivity contribution in [2.45, 2.75) is 39.3 Å². The van der Waals surface area contributed by atoms with Gasteiger partial charge in [-0.05, 0) is 46.5 Å². The summed E-state index contributed by atoms with van der Waals surface area (Å²) >= 11 is 0. The van der Waals surface area contributed by atoms with Gasteiger partial charge in [0.1, 0.15) is 11.6 Å². The van der Waals surface area contributed by atoms with Gasteiger partial charge in [-0.25, -0.2) is 14.1 Å². The van der Waals surface area contributed by atoms with E-state index in [-0.39, 0.29) is 17.8 Å². The number of hydrogen-bond donors (Lipinski definition) is 2. The number of benzene rings is 2. The second kappa shape index (κ2) is 11.4. The van der Waals surface area contributed by atoms with E-state index in [1.54, 1.807) is 19.4 Å². The van der Waals surface area contributed by atoms with Crippen LogP contribution < -0.4 is 15.4 Å². The molecular weight excluding hydrogens is 549 g/mol. The van der Waals surface area contributed by atoms with Gasteiger partial charge in [0.15, 0.2) is 5.65 Å². The first-order valence-corrected chi connectivity index (χ1v) is 14.0. The fourth-order valence-electron chi connectivity index (χ4n) is 4.97. The Morgan fingerprint density at radius 3 is 2.65 bits per heavy atom. The zero-order valence-corrected chi connectivity index (χ0v) is 24.4. The standard InChI is InChI=1S/C32H32FN7O3/c1-32(2,3)31-37-28(39-43-31)30(41)36-17-21-8-7-20(15-25(21)33)24-12-14-35-29-26(24)27(22-11-13-34-16-22)38-40(29)18-19-5-9-23(42-4)10-6-19/h5-12,14-15,34H,13,16-18H2,1-4H3,(H,36,41). The first kappa shape index (κ1) is 28.2. The Balaban J connectivity index is 1.29. The van der Waals surface area contributed by atoms with Crippen LogP contribution in [-0.4, -0.2) is 51.0 Å². The summed E-state index contributed by atoms with van der Waals surface area (Å²) in [4.78, 5) is 21.4. The highest BCUT2D eigenvalue weighted by Gasteiger charge is 2.25. The van der Waals surface area contributed by atoms with Crippen molar-refractivity contribution in [3.8, 4) is 16.9 Å². The third-order valence-electron chi connectivity index (χ3n) is 7.31. The van der Waals surface area contributed by atoms with Crippen LogP contribution in [-0.2, 0) is 18.5 Å². The number of carbonyl (C=O) groups excluding carboxylic acids is 1. The topological polar surface area (TPSA) is 120 Å². The summed E-state index contributed by atoms with van der Waals surface area (Å²) in [5, 5.41) is 15.6. The number of nitrogens with one attached hydrogen (secondary N) is 2. The molecule has 0 spiro atoms. The molecule has 0 saturated heterocycles. The van der Waals surface area contributed by atoms with Crippen LogP contribution in [0.15, 0.2) is 65.3 Å². The Hall–Kier alpha value is -4.90. The minimum absolute atomic E-state index is 0.0281. The molecule has 1 aliphatic rings. The predicted octanol–water partition coefficient (Wildman–Crippen LogP) is 4.89. The average Bonchev–Trinajstić information content (AvgIpc) is 3.77. The van der Waals surface area contributed by atoms with E-state index in [9.17, 15) is 4.79 Å². The van der Waals surface area contributed by atoms with Gasteiger partial charge < -0.3 is 19.9 Å². The highest BCUT2D eigenvalue weighted by Crippen LogP contribution is 2.35. The van der Waals surface area contributed by atoms with Crippen LogP contribution in [0.3, 0.4) is 0 Å². The summed E-state index contributed by atoms with van der Waals surface area (Å²) < 4.78 is 27.8. The molecule has 0 radical (unpaired) electrons. The third-order valence-corrected chi connectivity index (χ3v) is 7.31. The molecule has 0 aliphatic carbocycles. The van der Waals surface area contributed by atoms with E-state index in [0.29, 0.717) is 35.8 Å². The summed E-state index contributed by atoms with van der Waals surface area (Å²) in [6.07, 6.45) is 3.84. The summed E-state index contributed by atoms with van der Waals surface area (Å²) in [7, 11) is 1.64. The van der Waals surface area contributed by atoms with Gasteiger partial charge in [0.2, 0.25) is 5.89 Å². The van der Waals surface area contributed by atoms with Crippen molar-refractivity contribution in [2.24, 2.45) is 0 Å². The van der Waals surface area contributed by atoms with Gasteiger partial charge >= 0.3 is 0 Å². The summed E-state index contributed by atoms with van der Waals surface area (Å²) in [5.41, 5.74) is 5.11. The van der Waals surface area contributed by atoms with Crippen molar-refractivity contribution in [1.82, 2.24) is 35.5 Å². The fraction of sp³-hybridized carbons (Fsp3) is 0.281. The number of rotatable bonds is 8. The highest BCUT2D eigenvalue weighted by molar-refractivity contribution is 6.00. The number of ether oxygens (including phenoxy) is 1. The Morgan fingerprint density at radius 1 is 1.16 bits per heavy atom. The highest BCUT2D eigenvalue weighted by atomic mass is 19.1. The maximum absolute atomic E-state index is 15.4. The Morgan fingerprint density at radius 2 is 1.98 bits per heavy atom. The van der Waals surface area contributed by atoms with Gasteiger partial charge in [-0.3, -0.25) is 4.79 Å². The molecule has 3 aromatic heterocycles. The van der Waals surface area contributed by atoms with E-state index in [1.807, 2.05) is 61.9 Å². The van der Waals surface area contributed by atoms with Crippen molar-refractivity contribution in [1.29, 1.82) is 0 Å². The lowest BCUT2D eigenvalue weighted by Gasteiger charge is -2.10. The van der Waals surface area contributed by atoms with Crippen molar-refractivity contribution in [3.63, 3.8) is 0 Å². The normalized spacial score (nSPS) is 13.4. The zero-order valence-electron chi connectivity index (χ0n) is 24.4. The molecule has 6 rings (SSSR count). The van der Waals surface area contributed by atoms with Gasteiger partial charge in [0, 0.05) is 36.8 Å². The van der Waals surface area contributed by atoms with E-state index < -0.39 is 11.7 Å². The van der Waals surface area contributed by atoms with E-state index in [2.05, 4.69) is 26.9 Å². The minimum atomic E-state index is -0.536. The number of methoxy groups -OCH3 is 1. The number of fused-ring (bicyclic) bond motifs is 1. The third kappa shape index (κ3) is 5.76. The van der Waals surface area contributed by atoms with Crippen LogP contribution in [0.1, 0.15) is 54.1 Å². The monoisotopic (exact) mass is 581 g/mol. The molecule has 1 aliphatic heterocycles. The van der Waals surface area contributed by atoms with Crippen molar-refractivity contribution in [3.05, 3.63) is 95.2 Å². The Labute approximate surface area is 248 Å². The van der Waals surface area contributed by atoms with Crippen molar-refractivity contribution in [2.75, 3.05) is 20.2 Å². The van der Waals surface area contributed by atoms with Crippen LogP contribution >= 0.6 is 0 Å². The maximum atomic E-state index is 15.4. The van der Waals surface area contributed by atoms with E-state index in [0.717, 1.165) is 40.1 Å². The number of amides is 1. The fourth-order valence-corrected chi connectivity index (χ4v) is 4.97. The second-order valence-corrected chi connectivity index (χ2v) is 11.4. The number of carbonyl (C=O) groups is 1. The van der Waals surface area contributed by atoms with Crippen molar-refractivity contribution >= 4 is 22.5 Å². The summed E-state index contributed by atoms with van der Waals surface area (Å²) in [6.45, 7) is 7.66. The maximum Gasteiger partial charge on any atom is 0.292 e. The molecule has 5 aromatic rings. The van der Waals surface area contributed by atoms with Crippen LogP contribution in [0, 0.1) is 5.82 Å². The first-order chi connectivity index (χ1) is 20.7. The molecule has 43 heavy (non-hydrogen) atoms. The molecule has 2 N–H and O–H groups in total. The molecule has 4 heterocycles. The zero-order chi connectivity index (χ0) is 30.1. The number of hydrogen-bond acceptors (Lipinski definition) is 8. The molecule has 0 unspecified atom stereocenters. The lowest BCUT2D eigenvalue weighted by Crippen LogP contribution is -2.24. The van der Waals surface area contributed by atoms with E-state index in [1.165, 1.54) is 6.07 Å². The first-order valence-electron chi connectivity index (χ1n) is 14.0. The lowest BCUT2D eigenvalue weighted by molar-refractivity contribution is 0.0937. The van der Waals surface area contributed by atoms with Crippen LogP contribution in [0.2, 0.25) is 0 Å². The van der Waals surface area contributed by atoms with Crippen molar-refractivity contribution < 1.29 is 18.4 Å². The van der Waals surface area contributed by atoms with Gasteiger partial charge in [-0.2, -0.15) is 10.1 Å². The van der Waals surface area contributed by atoms with Gasteiger partial charge in [-0.15, -0.1) is 0 Å². The van der Waals surface area contributed by atoms with E-state index in [4.69, 9.17) is 19.3 Å². The molecule has 0 saturated carbocycles. The minimum Gasteiger partial charge on any atom is -0.497 e. The Kier molecular flexibility index (Phi) is 7.49. The quantitative estimate of drug-likeness (QED) is 0.266. The lowest BCUT2D eigenvalue weighted by atomic mass is 9.97. The molecule has 1 amide bonds. The van der Waals surface area contributed by atoms with Gasteiger partial charge in [0.25, 0.3) is 11.7 Å². The molecule has 0 atom stereocenters. The predicted molar refractivity (Wildman–Crippen MR) is 160 cm³/mol. The van der Waals surface area contributed by atoms with Crippen LogP contribution in [0.25, 0.3) is 27.7 Å². The SMILES string of the molecule is COc1ccc(Cn2nc(C3=CCNC3)c3c(-c4ccc(CNC(=O)c5noc(C(C)(C)C)n5)c(F)c4)ccnc32)cc1. The molecule has 2 aromatic carbocycles. The largest absolute Gasteiger partial charge is 0.497 e. The number of pyridine rings is 1. The molecule has 0 fully saturated rings. The summed E-state index contributed by atoms with van der Waals surface area (Å²) in [6, 6.07) is 14.7. The summed E-state index contributed by atoms with van der Waals surface area (Å²) in [5.74, 6) is 0.0710. The smallest absolute Gasteiger partial charge is 0.292 e. The number of aromatic nitrogens is 5. The van der Waals surface area contributed by atoms with Crippen LogP contribution in [0.4, 0.5) is 4.39 Å². The molecular formula is C32H32FN7O3. The molecule has 11 heteroatoms. The Bertz CT molecular complexity index is 1830. The molecule has 220 valence electrons. The number of nitrogens with zero attached hydrogens (tertiary/aromatic N) is 5. The molecule has 10 nitrogen and oxygen atoms in total. The average molecular weight is 582 g/mol. The van der Waals surface area contributed by atoms with Crippen LogP contribution in [0.5, 0.6) is 5.75 Å². The van der Waals surface area contributed by atoms with Gasteiger partial charge in [0.05, 0.1) is 24.7 Å². The second-order valence-electron chi connectivity index (χ2n) is 11.4. The molecule has 0 bridgehead atoms. The number of halogens is 1. The van der Waals surface area contributed by atoms with Gasteiger partial charge in [-0.1, -0.05) is 56.3 Å². The van der Waals surface area contributed by atoms with E-state index >= 15 is 4.39 Å².